The van der Waals surface area contributed by atoms with Crippen molar-refractivity contribution in [1.29, 1.82) is 0 Å². The Kier molecular flexibility index (Phi) is 9.25. The number of nitrogens with zero attached hydrogens (tertiary/aromatic N) is 1. The van der Waals surface area contributed by atoms with Gasteiger partial charge in [0.1, 0.15) is 5.82 Å². The molecule has 6 heteroatoms. The van der Waals surface area contributed by atoms with Crippen LogP contribution in [0.4, 0.5) is 4.39 Å². The highest BCUT2D eigenvalue weighted by atomic mass is 35.5. The Morgan fingerprint density at radius 3 is 2.32 bits per heavy atom. The van der Waals surface area contributed by atoms with Crippen molar-refractivity contribution in [1.82, 2.24) is 10.2 Å². The number of hydrogen-bond donors (Lipinski definition) is 2. The van der Waals surface area contributed by atoms with Crippen LogP contribution in [-0.4, -0.2) is 37.5 Å². The Morgan fingerprint density at radius 2 is 1.86 bits per heavy atom. The highest BCUT2D eigenvalue weighted by Gasteiger charge is 2.21. The number of nitrogens with two attached hydrogens (primary N) is 1. The Hall–Kier alpha value is -1.17. The van der Waals surface area contributed by atoms with E-state index >= 15 is 0 Å². The maximum Gasteiger partial charge on any atom is 0.237 e. The third-order valence-corrected chi connectivity index (χ3v) is 3.91. The molecule has 0 aliphatic heterocycles. The first kappa shape index (κ1) is 20.8. The van der Waals surface area contributed by atoms with Gasteiger partial charge in [-0.2, -0.15) is 0 Å². The van der Waals surface area contributed by atoms with Crippen molar-refractivity contribution in [2.45, 2.75) is 32.4 Å². The third-order valence-electron chi connectivity index (χ3n) is 3.91. The van der Waals surface area contributed by atoms with Gasteiger partial charge >= 0.3 is 0 Å². The van der Waals surface area contributed by atoms with Gasteiger partial charge in [-0.05, 0) is 37.7 Å². The molecule has 0 spiro atoms. The van der Waals surface area contributed by atoms with Crippen LogP contribution >= 0.6 is 12.4 Å². The molecule has 4 nitrogen and oxygen atoms in total. The molecule has 3 atom stereocenters. The van der Waals surface area contributed by atoms with E-state index in [1.807, 2.05) is 32.8 Å². The van der Waals surface area contributed by atoms with Gasteiger partial charge in [0.05, 0.1) is 12.1 Å². The summed E-state index contributed by atoms with van der Waals surface area (Å²) in [7, 11) is 3.85. The number of likely N-dealkylation sites (N-methyl/N-ethyl adjacent to an activating group) is 1. The Morgan fingerprint density at radius 1 is 1.32 bits per heavy atom. The number of carbonyl (C=O) groups is 1. The van der Waals surface area contributed by atoms with Crippen LogP contribution in [0.3, 0.4) is 0 Å². The molecule has 0 aromatic heterocycles. The van der Waals surface area contributed by atoms with Crippen molar-refractivity contribution < 1.29 is 9.18 Å². The largest absolute Gasteiger partial charge is 0.353 e. The van der Waals surface area contributed by atoms with Crippen LogP contribution in [0.2, 0.25) is 0 Å². The summed E-state index contributed by atoms with van der Waals surface area (Å²) in [6.07, 6.45) is 0.865. The van der Waals surface area contributed by atoms with Crippen LogP contribution in [0.15, 0.2) is 24.3 Å². The Bertz CT molecular complexity index is 453. The molecule has 0 radical (unpaired) electrons. The first-order valence-electron chi connectivity index (χ1n) is 7.32. The second-order valence-electron chi connectivity index (χ2n) is 5.69. The zero-order valence-corrected chi connectivity index (χ0v) is 14.5. The molecule has 22 heavy (non-hydrogen) atoms. The molecule has 3 unspecified atom stereocenters. The summed E-state index contributed by atoms with van der Waals surface area (Å²) in [5.74, 6) is -0.258. The van der Waals surface area contributed by atoms with E-state index in [-0.39, 0.29) is 36.1 Å². The van der Waals surface area contributed by atoms with E-state index in [0.717, 1.165) is 12.0 Å². The summed E-state index contributed by atoms with van der Waals surface area (Å²) < 4.78 is 13.0. The fourth-order valence-electron chi connectivity index (χ4n) is 2.11. The normalized spacial score (nSPS) is 14.9. The SMILES string of the molecule is CCC(C)C(N)C(=O)NCC(c1ccc(F)cc1)N(C)C.Cl. The maximum atomic E-state index is 13.0. The van der Waals surface area contributed by atoms with E-state index in [1.54, 1.807) is 12.1 Å². The number of nitrogens with one attached hydrogen (secondary N) is 1. The van der Waals surface area contributed by atoms with Gasteiger partial charge in [0, 0.05) is 6.54 Å². The first-order chi connectivity index (χ1) is 9.86. The van der Waals surface area contributed by atoms with Gasteiger partial charge in [-0.15, -0.1) is 12.4 Å². The number of hydrogen-bond acceptors (Lipinski definition) is 3. The van der Waals surface area contributed by atoms with Crippen molar-refractivity contribution in [2.24, 2.45) is 11.7 Å². The van der Waals surface area contributed by atoms with Crippen molar-refractivity contribution >= 4 is 18.3 Å². The minimum atomic E-state index is -0.494. The fourth-order valence-corrected chi connectivity index (χ4v) is 2.11. The molecule has 1 aromatic rings. The topological polar surface area (TPSA) is 58.4 Å². The minimum absolute atomic E-state index is 0. The van der Waals surface area contributed by atoms with Gasteiger partial charge in [0.15, 0.2) is 0 Å². The van der Waals surface area contributed by atoms with Crippen molar-refractivity contribution in [2.75, 3.05) is 20.6 Å². The molecule has 0 fully saturated rings. The van der Waals surface area contributed by atoms with Crippen LogP contribution in [0.5, 0.6) is 0 Å². The zero-order valence-electron chi connectivity index (χ0n) is 13.7. The second-order valence-corrected chi connectivity index (χ2v) is 5.69. The summed E-state index contributed by atoms with van der Waals surface area (Å²) >= 11 is 0. The summed E-state index contributed by atoms with van der Waals surface area (Å²) in [5.41, 5.74) is 6.87. The average molecular weight is 332 g/mol. The molecule has 1 rings (SSSR count). The molecule has 0 heterocycles. The molecule has 126 valence electrons. The smallest absolute Gasteiger partial charge is 0.237 e. The molecule has 0 aliphatic carbocycles. The minimum Gasteiger partial charge on any atom is -0.353 e. The van der Waals surface area contributed by atoms with Crippen molar-refractivity contribution in [3.63, 3.8) is 0 Å². The molecule has 0 saturated heterocycles. The highest BCUT2D eigenvalue weighted by Crippen LogP contribution is 2.18. The Labute approximate surface area is 138 Å². The lowest BCUT2D eigenvalue weighted by Crippen LogP contribution is -2.46. The third kappa shape index (κ3) is 5.91. The average Bonchev–Trinajstić information content (AvgIpc) is 2.47. The van der Waals surface area contributed by atoms with Gasteiger partial charge < -0.3 is 16.0 Å². The van der Waals surface area contributed by atoms with E-state index < -0.39 is 6.04 Å². The predicted molar refractivity (Wildman–Crippen MR) is 90.5 cm³/mol. The molecule has 0 saturated carbocycles. The van der Waals surface area contributed by atoms with Crippen molar-refractivity contribution in [3.8, 4) is 0 Å². The second kappa shape index (κ2) is 9.77. The quantitative estimate of drug-likeness (QED) is 0.806. The summed E-state index contributed by atoms with van der Waals surface area (Å²) in [6, 6.07) is 5.82. The number of amides is 1. The molecule has 0 aliphatic rings. The standard InChI is InChI=1S/C16H26FN3O.ClH/c1-5-11(2)15(18)16(21)19-10-14(20(3)4)12-6-8-13(17)9-7-12;/h6-9,11,14-15H,5,10,18H2,1-4H3,(H,19,21);1H. The summed E-state index contributed by atoms with van der Waals surface area (Å²) in [5, 5.41) is 2.89. The summed E-state index contributed by atoms with van der Waals surface area (Å²) in [4.78, 5) is 14.0. The van der Waals surface area contributed by atoms with Crippen LogP contribution in [-0.2, 0) is 4.79 Å². The van der Waals surface area contributed by atoms with Gasteiger partial charge in [-0.25, -0.2) is 4.39 Å². The lowest BCUT2D eigenvalue weighted by atomic mass is 9.99. The number of rotatable bonds is 7. The zero-order chi connectivity index (χ0) is 16.0. The number of carbonyl (C=O) groups excluding carboxylic acids is 1. The van der Waals surface area contributed by atoms with E-state index in [2.05, 4.69) is 5.32 Å². The fraction of sp³-hybridized carbons (Fsp3) is 0.562. The van der Waals surface area contributed by atoms with Gasteiger partial charge in [0.2, 0.25) is 5.91 Å². The van der Waals surface area contributed by atoms with E-state index in [9.17, 15) is 9.18 Å². The monoisotopic (exact) mass is 331 g/mol. The predicted octanol–water partition coefficient (Wildman–Crippen LogP) is 2.34. The van der Waals surface area contributed by atoms with E-state index in [0.29, 0.717) is 6.54 Å². The van der Waals surface area contributed by atoms with Crippen molar-refractivity contribution in [3.05, 3.63) is 35.6 Å². The van der Waals surface area contributed by atoms with Crippen LogP contribution in [0, 0.1) is 11.7 Å². The first-order valence-corrected chi connectivity index (χ1v) is 7.32. The lowest BCUT2D eigenvalue weighted by Gasteiger charge is -2.26. The van der Waals surface area contributed by atoms with Crippen LogP contribution in [0.25, 0.3) is 0 Å². The summed E-state index contributed by atoms with van der Waals surface area (Å²) in [6.45, 7) is 4.42. The number of halogens is 2. The van der Waals surface area contributed by atoms with Gasteiger partial charge in [-0.1, -0.05) is 32.4 Å². The van der Waals surface area contributed by atoms with Crippen LogP contribution in [0.1, 0.15) is 31.9 Å². The maximum absolute atomic E-state index is 13.0. The lowest BCUT2D eigenvalue weighted by molar-refractivity contribution is -0.123. The molecule has 0 bridgehead atoms. The van der Waals surface area contributed by atoms with Crippen LogP contribution < -0.4 is 11.1 Å². The molecule has 1 amide bonds. The molecular weight excluding hydrogens is 305 g/mol. The highest BCUT2D eigenvalue weighted by molar-refractivity contribution is 5.85. The molecule has 1 aromatic carbocycles. The number of benzene rings is 1. The van der Waals surface area contributed by atoms with Gasteiger partial charge in [0.25, 0.3) is 0 Å². The van der Waals surface area contributed by atoms with Gasteiger partial charge in [-0.3, -0.25) is 4.79 Å². The molecular formula is C16H27ClFN3O. The molecule has 3 N–H and O–H groups in total. The van der Waals surface area contributed by atoms with E-state index in [4.69, 9.17) is 5.73 Å². The Balaban J connectivity index is 0.00000441. The van der Waals surface area contributed by atoms with E-state index in [1.165, 1.54) is 12.1 Å².